The largest absolute Gasteiger partial charge is 0.356 e. The predicted octanol–water partition coefficient (Wildman–Crippen LogP) is 3.71. The van der Waals surface area contributed by atoms with Gasteiger partial charge in [0.2, 0.25) is 5.91 Å². The summed E-state index contributed by atoms with van der Waals surface area (Å²) in [7, 11) is 0. The van der Waals surface area contributed by atoms with E-state index in [1.165, 1.54) is 23.3 Å². The number of carbonyl (C=O) groups excluding carboxylic acids is 1. The molecule has 128 valence electrons. The van der Waals surface area contributed by atoms with Crippen LogP contribution in [0.15, 0.2) is 47.8 Å². The molecule has 0 spiro atoms. The van der Waals surface area contributed by atoms with Crippen molar-refractivity contribution >= 4 is 17.2 Å². The zero-order chi connectivity index (χ0) is 16.6. The van der Waals surface area contributed by atoms with Gasteiger partial charge in [-0.3, -0.25) is 9.69 Å². The van der Waals surface area contributed by atoms with Gasteiger partial charge < -0.3 is 5.32 Å². The highest BCUT2D eigenvalue weighted by atomic mass is 32.1. The lowest BCUT2D eigenvalue weighted by molar-refractivity contribution is -0.121. The summed E-state index contributed by atoms with van der Waals surface area (Å²) in [6, 6.07) is 14.6. The Morgan fingerprint density at radius 1 is 1.12 bits per heavy atom. The van der Waals surface area contributed by atoms with Gasteiger partial charge in [0, 0.05) is 24.4 Å². The van der Waals surface area contributed by atoms with Gasteiger partial charge in [-0.2, -0.15) is 0 Å². The van der Waals surface area contributed by atoms with E-state index in [1.807, 2.05) is 29.5 Å². The number of nitrogens with one attached hydrogen (secondary N) is 1. The normalized spacial score (nSPS) is 16.2. The first kappa shape index (κ1) is 17.2. The molecule has 1 fully saturated rings. The van der Waals surface area contributed by atoms with E-state index in [1.54, 1.807) is 0 Å². The van der Waals surface area contributed by atoms with Gasteiger partial charge in [-0.15, -0.1) is 11.3 Å². The van der Waals surface area contributed by atoms with Crippen LogP contribution in [0.1, 0.15) is 29.7 Å². The summed E-state index contributed by atoms with van der Waals surface area (Å²) in [6.45, 7) is 4.19. The maximum Gasteiger partial charge on any atom is 0.220 e. The minimum Gasteiger partial charge on any atom is -0.356 e. The Hall–Kier alpha value is -1.65. The molecule has 0 atom stereocenters. The van der Waals surface area contributed by atoms with Crippen molar-refractivity contribution in [1.82, 2.24) is 10.2 Å². The van der Waals surface area contributed by atoms with Crippen LogP contribution in [0.25, 0.3) is 0 Å². The molecule has 0 unspecified atom stereocenters. The first-order valence-corrected chi connectivity index (χ1v) is 9.73. The fraction of sp³-hybridized carbons (Fsp3) is 0.450. The van der Waals surface area contributed by atoms with E-state index in [0.717, 1.165) is 32.6 Å². The number of thiophene rings is 1. The second kappa shape index (κ2) is 9.00. The molecule has 0 bridgehead atoms. The number of likely N-dealkylation sites (tertiary alicyclic amines) is 1. The summed E-state index contributed by atoms with van der Waals surface area (Å²) in [6.07, 6.45) is 3.78. The van der Waals surface area contributed by atoms with Crippen molar-refractivity contribution in [2.45, 2.75) is 32.2 Å². The zero-order valence-corrected chi connectivity index (χ0v) is 14.9. The van der Waals surface area contributed by atoms with Crippen molar-refractivity contribution in [3.05, 3.63) is 58.3 Å². The van der Waals surface area contributed by atoms with E-state index in [2.05, 4.69) is 39.9 Å². The van der Waals surface area contributed by atoms with Crippen LogP contribution < -0.4 is 5.32 Å². The first-order chi connectivity index (χ1) is 11.8. The molecule has 1 aromatic heterocycles. The molecule has 2 heterocycles. The molecule has 24 heavy (non-hydrogen) atoms. The molecule has 1 aliphatic rings. The van der Waals surface area contributed by atoms with Crippen LogP contribution in [0.5, 0.6) is 0 Å². The highest BCUT2D eigenvalue weighted by molar-refractivity contribution is 7.09. The van der Waals surface area contributed by atoms with Crippen molar-refractivity contribution in [3.63, 3.8) is 0 Å². The summed E-state index contributed by atoms with van der Waals surface area (Å²) in [4.78, 5) is 16.0. The molecule has 0 radical (unpaired) electrons. The zero-order valence-electron chi connectivity index (χ0n) is 14.1. The molecule has 0 saturated carbocycles. The molecule has 1 saturated heterocycles. The summed E-state index contributed by atoms with van der Waals surface area (Å²) in [5, 5.41) is 5.27. The Labute approximate surface area is 148 Å². The lowest BCUT2D eigenvalue weighted by Crippen LogP contribution is -2.38. The van der Waals surface area contributed by atoms with Gasteiger partial charge in [0.05, 0.1) is 0 Å². The molecule has 4 heteroatoms. The monoisotopic (exact) mass is 342 g/mol. The molecule has 1 N–H and O–H groups in total. The number of amides is 1. The lowest BCUT2D eigenvalue weighted by atomic mass is 9.96. The molecule has 1 aliphatic heterocycles. The number of hydrogen-bond donors (Lipinski definition) is 1. The van der Waals surface area contributed by atoms with Crippen molar-refractivity contribution in [2.24, 2.45) is 5.92 Å². The fourth-order valence-electron chi connectivity index (χ4n) is 3.22. The Morgan fingerprint density at radius 2 is 1.92 bits per heavy atom. The number of hydrogen-bond acceptors (Lipinski definition) is 3. The minimum atomic E-state index is 0.180. The Morgan fingerprint density at radius 3 is 2.62 bits per heavy atom. The number of benzene rings is 1. The third-order valence-electron chi connectivity index (χ3n) is 4.74. The third kappa shape index (κ3) is 5.46. The lowest BCUT2D eigenvalue weighted by Gasteiger charge is -2.31. The van der Waals surface area contributed by atoms with Crippen molar-refractivity contribution in [3.8, 4) is 0 Å². The molecular formula is C20H26N2OS. The first-order valence-electron chi connectivity index (χ1n) is 8.85. The van der Waals surface area contributed by atoms with Crippen LogP contribution in [0.2, 0.25) is 0 Å². The maximum atomic E-state index is 12.0. The standard InChI is InChI=1S/C20H26N2OS/c23-20(9-8-17-5-2-1-3-6-17)21-15-18-10-12-22(13-11-18)16-19-7-4-14-24-19/h1-7,14,18H,8-13,15-16H2,(H,21,23). The Kier molecular flexibility index (Phi) is 6.44. The summed E-state index contributed by atoms with van der Waals surface area (Å²) < 4.78 is 0. The van der Waals surface area contributed by atoms with E-state index in [-0.39, 0.29) is 5.91 Å². The maximum absolute atomic E-state index is 12.0. The molecule has 0 aliphatic carbocycles. The van der Waals surface area contributed by atoms with Crippen LogP contribution in [-0.2, 0) is 17.8 Å². The summed E-state index contributed by atoms with van der Waals surface area (Å²) in [5.74, 6) is 0.810. The smallest absolute Gasteiger partial charge is 0.220 e. The van der Waals surface area contributed by atoms with Crippen molar-refractivity contribution < 1.29 is 4.79 Å². The number of rotatable bonds is 7. The number of piperidine rings is 1. The average Bonchev–Trinajstić information content (AvgIpc) is 3.13. The van der Waals surface area contributed by atoms with Crippen LogP contribution >= 0.6 is 11.3 Å². The van der Waals surface area contributed by atoms with Crippen LogP contribution in [-0.4, -0.2) is 30.4 Å². The molecular weight excluding hydrogens is 316 g/mol. The third-order valence-corrected chi connectivity index (χ3v) is 5.60. The molecule has 1 aromatic carbocycles. The predicted molar refractivity (Wildman–Crippen MR) is 100 cm³/mol. The van der Waals surface area contributed by atoms with Gasteiger partial charge >= 0.3 is 0 Å². The quantitative estimate of drug-likeness (QED) is 0.832. The average molecular weight is 343 g/mol. The van der Waals surface area contributed by atoms with Crippen molar-refractivity contribution in [2.75, 3.05) is 19.6 Å². The molecule has 2 aromatic rings. The number of carbonyl (C=O) groups is 1. The second-order valence-electron chi connectivity index (χ2n) is 6.59. The topological polar surface area (TPSA) is 32.3 Å². The summed E-state index contributed by atoms with van der Waals surface area (Å²) in [5.41, 5.74) is 1.23. The van der Waals surface area contributed by atoms with Gasteiger partial charge in [-0.05, 0) is 55.3 Å². The van der Waals surface area contributed by atoms with Gasteiger partial charge in [0.1, 0.15) is 0 Å². The van der Waals surface area contributed by atoms with Gasteiger partial charge in [-0.1, -0.05) is 36.4 Å². The summed E-state index contributed by atoms with van der Waals surface area (Å²) >= 11 is 1.84. The Bertz CT molecular complexity index is 604. The van der Waals surface area contributed by atoms with Crippen LogP contribution in [0, 0.1) is 5.92 Å². The number of aryl methyl sites for hydroxylation is 1. The van der Waals surface area contributed by atoms with Crippen LogP contribution in [0.4, 0.5) is 0 Å². The van der Waals surface area contributed by atoms with Crippen LogP contribution in [0.3, 0.4) is 0 Å². The highest BCUT2D eigenvalue weighted by Crippen LogP contribution is 2.20. The number of nitrogens with zero attached hydrogens (tertiary/aromatic N) is 1. The van der Waals surface area contributed by atoms with E-state index in [0.29, 0.717) is 12.3 Å². The minimum absolute atomic E-state index is 0.180. The highest BCUT2D eigenvalue weighted by Gasteiger charge is 2.19. The van der Waals surface area contributed by atoms with Crippen molar-refractivity contribution in [1.29, 1.82) is 0 Å². The van der Waals surface area contributed by atoms with E-state index >= 15 is 0 Å². The fourth-order valence-corrected chi connectivity index (χ4v) is 3.97. The SMILES string of the molecule is O=C(CCc1ccccc1)NCC1CCN(Cc2cccs2)CC1. The van der Waals surface area contributed by atoms with E-state index < -0.39 is 0 Å². The van der Waals surface area contributed by atoms with E-state index in [9.17, 15) is 4.79 Å². The second-order valence-corrected chi connectivity index (χ2v) is 7.62. The Balaban J connectivity index is 1.31. The molecule has 3 nitrogen and oxygen atoms in total. The van der Waals surface area contributed by atoms with Gasteiger partial charge in [0.15, 0.2) is 0 Å². The molecule has 1 amide bonds. The van der Waals surface area contributed by atoms with Gasteiger partial charge in [-0.25, -0.2) is 0 Å². The molecule has 3 rings (SSSR count). The van der Waals surface area contributed by atoms with Gasteiger partial charge in [0.25, 0.3) is 0 Å². The van der Waals surface area contributed by atoms with E-state index in [4.69, 9.17) is 0 Å².